The van der Waals surface area contributed by atoms with Crippen LogP contribution in [0.3, 0.4) is 0 Å². The van der Waals surface area contributed by atoms with Gasteiger partial charge in [0.05, 0.1) is 13.2 Å². The van der Waals surface area contributed by atoms with Crippen LogP contribution in [0.4, 0.5) is 0 Å². The van der Waals surface area contributed by atoms with Crippen molar-refractivity contribution < 1.29 is 9.47 Å². The van der Waals surface area contributed by atoms with E-state index in [0.717, 1.165) is 26.0 Å². The molecule has 1 rings (SSSR count). The zero-order chi connectivity index (χ0) is 13.8. The number of methoxy groups -OCH3 is 1. The minimum atomic E-state index is 0.679. The average molecular weight is 265 g/mol. The molecule has 0 heterocycles. The Kier molecular flexibility index (Phi) is 9.33. The maximum absolute atomic E-state index is 5.51. The van der Waals surface area contributed by atoms with Crippen molar-refractivity contribution in [3.63, 3.8) is 0 Å². The molecule has 0 radical (unpaired) electrons. The summed E-state index contributed by atoms with van der Waals surface area (Å²) in [6.07, 6.45) is 3.45. The molecule has 0 aliphatic rings. The number of hydrogen-bond acceptors (Lipinski definition) is 3. The summed E-state index contributed by atoms with van der Waals surface area (Å²) in [6, 6.07) is 10.7. The SMILES string of the molecule is CNCC(CCCOCCOC)Cc1ccccc1. The van der Waals surface area contributed by atoms with Gasteiger partial charge in [-0.3, -0.25) is 0 Å². The van der Waals surface area contributed by atoms with Crippen LogP contribution in [0.15, 0.2) is 30.3 Å². The fraction of sp³-hybridized carbons (Fsp3) is 0.625. The lowest BCUT2D eigenvalue weighted by Crippen LogP contribution is -2.21. The molecule has 0 saturated carbocycles. The molecule has 0 bridgehead atoms. The summed E-state index contributed by atoms with van der Waals surface area (Å²) < 4.78 is 10.5. The van der Waals surface area contributed by atoms with Gasteiger partial charge in [-0.1, -0.05) is 30.3 Å². The molecule has 19 heavy (non-hydrogen) atoms. The van der Waals surface area contributed by atoms with Crippen molar-refractivity contribution in [3.05, 3.63) is 35.9 Å². The van der Waals surface area contributed by atoms with E-state index in [9.17, 15) is 0 Å². The van der Waals surface area contributed by atoms with Gasteiger partial charge in [0.25, 0.3) is 0 Å². The van der Waals surface area contributed by atoms with Gasteiger partial charge in [-0.25, -0.2) is 0 Å². The standard InChI is InChI=1S/C16H27NO2/c1-17-14-16(9-6-10-19-12-11-18-2)13-15-7-4-3-5-8-15/h3-5,7-8,16-17H,6,9-14H2,1-2H3. The predicted octanol–water partition coefficient (Wildman–Crippen LogP) is 2.51. The van der Waals surface area contributed by atoms with Crippen molar-refractivity contribution in [2.75, 3.05) is 40.5 Å². The van der Waals surface area contributed by atoms with E-state index >= 15 is 0 Å². The summed E-state index contributed by atoms with van der Waals surface area (Å²) >= 11 is 0. The van der Waals surface area contributed by atoms with Gasteiger partial charge < -0.3 is 14.8 Å². The van der Waals surface area contributed by atoms with Gasteiger partial charge in [0, 0.05) is 13.7 Å². The first-order valence-corrected chi connectivity index (χ1v) is 7.12. The van der Waals surface area contributed by atoms with E-state index in [1.165, 1.54) is 12.0 Å². The lowest BCUT2D eigenvalue weighted by molar-refractivity contribution is 0.0672. The van der Waals surface area contributed by atoms with Gasteiger partial charge >= 0.3 is 0 Å². The van der Waals surface area contributed by atoms with Gasteiger partial charge in [0.1, 0.15) is 0 Å². The summed E-state index contributed by atoms with van der Waals surface area (Å²) in [5, 5.41) is 3.29. The summed E-state index contributed by atoms with van der Waals surface area (Å²) in [7, 11) is 3.72. The van der Waals surface area contributed by atoms with E-state index in [-0.39, 0.29) is 0 Å². The maximum atomic E-state index is 5.51. The van der Waals surface area contributed by atoms with Gasteiger partial charge in [0.2, 0.25) is 0 Å². The Bertz CT molecular complexity index is 303. The second-order valence-corrected chi connectivity index (χ2v) is 4.86. The quantitative estimate of drug-likeness (QED) is 0.624. The van der Waals surface area contributed by atoms with Crippen LogP contribution in [0.25, 0.3) is 0 Å². The predicted molar refractivity (Wildman–Crippen MR) is 79.5 cm³/mol. The number of hydrogen-bond donors (Lipinski definition) is 1. The first kappa shape index (κ1) is 16.2. The molecule has 108 valence electrons. The van der Waals surface area contributed by atoms with E-state index < -0.39 is 0 Å². The van der Waals surface area contributed by atoms with E-state index in [0.29, 0.717) is 19.1 Å². The Morgan fingerprint density at radius 3 is 2.58 bits per heavy atom. The van der Waals surface area contributed by atoms with Crippen LogP contribution in [-0.4, -0.2) is 40.5 Å². The van der Waals surface area contributed by atoms with E-state index in [4.69, 9.17) is 9.47 Å². The highest BCUT2D eigenvalue weighted by Gasteiger charge is 2.08. The van der Waals surface area contributed by atoms with Crippen molar-refractivity contribution in [3.8, 4) is 0 Å². The molecule has 1 aromatic rings. The monoisotopic (exact) mass is 265 g/mol. The fourth-order valence-electron chi connectivity index (χ4n) is 2.23. The number of benzene rings is 1. The Hall–Kier alpha value is -0.900. The zero-order valence-electron chi connectivity index (χ0n) is 12.2. The molecular weight excluding hydrogens is 238 g/mol. The Balaban J connectivity index is 2.21. The average Bonchev–Trinajstić information content (AvgIpc) is 2.44. The summed E-state index contributed by atoms with van der Waals surface area (Å²) in [4.78, 5) is 0. The van der Waals surface area contributed by atoms with Crippen LogP contribution >= 0.6 is 0 Å². The second-order valence-electron chi connectivity index (χ2n) is 4.86. The van der Waals surface area contributed by atoms with Gasteiger partial charge in [-0.2, -0.15) is 0 Å². The third-order valence-corrected chi connectivity index (χ3v) is 3.19. The highest BCUT2D eigenvalue weighted by molar-refractivity contribution is 5.15. The Morgan fingerprint density at radius 2 is 1.89 bits per heavy atom. The molecule has 0 amide bonds. The van der Waals surface area contributed by atoms with Crippen molar-refractivity contribution >= 4 is 0 Å². The van der Waals surface area contributed by atoms with Gasteiger partial charge in [-0.15, -0.1) is 0 Å². The molecule has 1 aromatic carbocycles. The molecule has 1 atom stereocenters. The molecule has 0 aliphatic carbocycles. The van der Waals surface area contributed by atoms with E-state index in [2.05, 4.69) is 35.6 Å². The molecule has 0 fully saturated rings. The maximum Gasteiger partial charge on any atom is 0.0700 e. The summed E-state index contributed by atoms with van der Waals surface area (Å²) in [6.45, 7) is 3.28. The molecule has 3 heteroatoms. The minimum Gasteiger partial charge on any atom is -0.382 e. The van der Waals surface area contributed by atoms with Crippen molar-refractivity contribution in [2.45, 2.75) is 19.3 Å². The van der Waals surface area contributed by atoms with Crippen LogP contribution in [0.2, 0.25) is 0 Å². The Labute approximate surface area is 117 Å². The second kappa shape index (κ2) is 11.0. The van der Waals surface area contributed by atoms with Gasteiger partial charge in [0.15, 0.2) is 0 Å². The van der Waals surface area contributed by atoms with Crippen LogP contribution in [-0.2, 0) is 15.9 Å². The lowest BCUT2D eigenvalue weighted by Gasteiger charge is -2.16. The van der Waals surface area contributed by atoms with Crippen LogP contribution in [0.5, 0.6) is 0 Å². The third-order valence-electron chi connectivity index (χ3n) is 3.19. The number of ether oxygens (including phenoxy) is 2. The van der Waals surface area contributed by atoms with Crippen LogP contribution in [0, 0.1) is 5.92 Å². The van der Waals surface area contributed by atoms with E-state index in [1.807, 2.05) is 7.05 Å². The van der Waals surface area contributed by atoms with E-state index in [1.54, 1.807) is 7.11 Å². The molecule has 0 saturated heterocycles. The van der Waals surface area contributed by atoms with Crippen LogP contribution < -0.4 is 5.32 Å². The first-order valence-electron chi connectivity index (χ1n) is 7.12. The molecule has 1 N–H and O–H groups in total. The van der Waals surface area contributed by atoms with Gasteiger partial charge in [-0.05, 0) is 44.3 Å². The Morgan fingerprint density at radius 1 is 1.11 bits per heavy atom. The lowest BCUT2D eigenvalue weighted by atomic mass is 9.95. The normalized spacial score (nSPS) is 12.5. The largest absolute Gasteiger partial charge is 0.382 e. The molecule has 3 nitrogen and oxygen atoms in total. The topological polar surface area (TPSA) is 30.5 Å². The molecule has 1 unspecified atom stereocenters. The highest BCUT2D eigenvalue weighted by atomic mass is 16.5. The highest BCUT2D eigenvalue weighted by Crippen LogP contribution is 2.13. The summed E-state index contributed by atoms with van der Waals surface area (Å²) in [5.74, 6) is 0.679. The minimum absolute atomic E-state index is 0.679. The molecule has 0 aliphatic heterocycles. The molecular formula is C16H27NO2. The van der Waals surface area contributed by atoms with Crippen molar-refractivity contribution in [2.24, 2.45) is 5.92 Å². The number of nitrogens with one attached hydrogen (secondary N) is 1. The summed E-state index contributed by atoms with van der Waals surface area (Å²) in [5.41, 5.74) is 1.42. The molecule has 0 aromatic heterocycles. The smallest absolute Gasteiger partial charge is 0.0700 e. The number of rotatable bonds is 11. The first-order chi connectivity index (χ1) is 9.36. The van der Waals surface area contributed by atoms with Crippen molar-refractivity contribution in [1.82, 2.24) is 5.32 Å². The molecule has 0 spiro atoms. The fourth-order valence-corrected chi connectivity index (χ4v) is 2.23. The van der Waals surface area contributed by atoms with Crippen molar-refractivity contribution in [1.29, 1.82) is 0 Å². The van der Waals surface area contributed by atoms with Crippen LogP contribution in [0.1, 0.15) is 18.4 Å². The zero-order valence-corrected chi connectivity index (χ0v) is 12.2. The third kappa shape index (κ3) is 7.98.